The average Bonchev–Trinajstić information content (AvgIpc) is 2.96. The number of ether oxygens (including phenoxy) is 1. The number of carbonyl (C=O) groups is 3. The van der Waals surface area contributed by atoms with Crippen LogP contribution in [0.5, 0.6) is 0 Å². The van der Waals surface area contributed by atoms with Gasteiger partial charge in [-0.15, -0.1) is 0 Å². The fraction of sp³-hybridized carbons (Fsp3) is 0.444. The Kier molecular flexibility index (Phi) is 10.5. The van der Waals surface area contributed by atoms with Crippen molar-refractivity contribution in [1.29, 1.82) is 0 Å². The molecule has 0 saturated carbocycles. The highest BCUT2D eigenvalue weighted by molar-refractivity contribution is 6.60. The highest BCUT2D eigenvalue weighted by Gasteiger charge is 2.58. The largest absolute Gasteiger partial charge is 0.381 e. The van der Waals surface area contributed by atoms with Gasteiger partial charge in [0.1, 0.15) is 44.0 Å². The number of hydrogen-bond donors (Lipinski definition) is 3. The molecular weight excluding hydrogens is 504 g/mol. The van der Waals surface area contributed by atoms with Crippen molar-refractivity contribution in [1.82, 2.24) is 15.1 Å². The number of nitrogens with zero attached hydrogens (tertiary/aromatic N) is 2. The van der Waals surface area contributed by atoms with Crippen LogP contribution in [0.1, 0.15) is 27.0 Å². The normalized spacial score (nSPS) is 16.2. The molecule has 210 valence electrons. The van der Waals surface area contributed by atoms with E-state index in [0.29, 0.717) is 17.7 Å². The quantitative estimate of drug-likeness (QED) is 0.148. The summed E-state index contributed by atoms with van der Waals surface area (Å²) >= 11 is 0. The molecular formula is C27H40B4N4O5. The number of rotatable bonds is 13. The smallest absolute Gasteiger partial charge is 0.266 e. The predicted octanol–water partition coefficient (Wildman–Crippen LogP) is -2.23. The molecule has 9 nitrogen and oxygen atoms in total. The van der Waals surface area contributed by atoms with Crippen LogP contribution in [0.2, 0.25) is 10.4 Å². The number of likely N-dealkylation sites (N-methyl/N-ethyl adjacent to an activating group) is 2. The van der Waals surface area contributed by atoms with Gasteiger partial charge in [0.15, 0.2) is 5.72 Å². The van der Waals surface area contributed by atoms with Crippen molar-refractivity contribution in [2.24, 2.45) is 0 Å². The lowest BCUT2D eigenvalue weighted by Gasteiger charge is -2.53. The Morgan fingerprint density at radius 1 is 1.10 bits per heavy atom. The highest BCUT2D eigenvalue weighted by atomic mass is 16.5. The molecule has 13 heteroatoms. The Morgan fingerprint density at radius 2 is 1.75 bits per heavy atom. The van der Waals surface area contributed by atoms with Gasteiger partial charge in [-0.2, -0.15) is 0 Å². The second-order valence-corrected chi connectivity index (χ2v) is 11.6. The Hall–Kier alpha value is -2.85. The number of nitrogens with one attached hydrogen (secondary N) is 2. The van der Waals surface area contributed by atoms with Crippen LogP contribution < -0.4 is 10.6 Å². The van der Waals surface area contributed by atoms with Gasteiger partial charge in [0.2, 0.25) is 0 Å². The van der Waals surface area contributed by atoms with Crippen LogP contribution in [0.15, 0.2) is 42.5 Å². The van der Waals surface area contributed by atoms with Crippen molar-refractivity contribution in [3.63, 3.8) is 0 Å². The summed E-state index contributed by atoms with van der Waals surface area (Å²) in [6, 6.07) is 13.8. The third kappa shape index (κ3) is 6.54. The predicted molar refractivity (Wildman–Crippen MR) is 168 cm³/mol. The Labute approximate surface area is 241 Å². The van der Waals surface area contributed by atoms with Gasteiger partial charge in [0.25, 0.3) is 5.91 Å². The van der Waals surface area contributed by atoms with Gasteiger partial charge in [-0.3, -0.25) is 19.4 Å². The zero-order valence-electron chi connectivity index (χ0n) is 24.6. The standard InChI is InChI=1S/C27H40B4N4O5/c1-32-24(38)26(39,27(30,31)25(28,29)18-37)34(2)16-22-21(17-36)7-4-8-23(22)33-14-19-5-3-6-20(13-19)15-35-9-11-40-12-10-35/h3-8,13,17-18,33,39H,9-12,14-16,28-31H2,1-2H3,(H,32,38). The summed E-state index contributed by atoms with van der Waals surface area (Å²) in [7, 11) is 9.86. The third-order valence-corrected chi connectivity index (χ3v) is 8.59. The van der Waals surface area contributed by atoms with E-state index >= 15 is 0 Å². The van der Waals surface area contributed by atoms with Crippen LogP contribution in [0, 0.1) is 0 Å². The van der Waals surface area contributed by atoms with Gasteiger partial charge < -0.3 is 25.3 Å². The first kappa shape index (κ1) is 31.7. The molecule has 1 saturated heterocycles. The van der Waals surface area contributed by atoms with Crippen LogP contribution in [0.3, 0.4) is 0 Å². The van der Waals surface area contributed by atoms with E-state index in [4.69, 9.17) is 4.74 Å². The molecule has 1 fully saturated rings. The van der Waals surface area contributed by atoms with Crippen molar-refractivity contribution in [3.05, 3.63) is 64.7 Å². The molecule has 3 rings (SSSR count). The lowest BCUT2D eigenvalue weighted by atomic mass is 9.27. The van der Waals surface area contributed by atoms with Crippen molar-refractivity contribution >= 4 is 55.6 Å². The molecule has 0 radical (unpaired) electrons. The first-order valence-electron chi connectivity index (χ1n) is 13.7. The van der Waals surface area contributed by atoms with E-state index in [0.717, 1.165) is 56.7 Å². The van der Waals surface area contributed by atoms with Gasteiger partial charge in [0, 0.05) is 51.0 Å². The molecule has 0 bridgehead atoms. The maximum Gasteiger partial charge on any atom is 0.266 e. The van der Waals surface area contributed by atoms with Gasteiger partial charge in [0.05, 0.1) is 13.2 Å². The molecule has 1 unspecified atom stereocenters. The Morgan fingerprint density at radius 3 is 2.38 bits per heavy atom. The third-order valence-electron chi connectivity index (χ3n) is 8.59. The molecule has 2 aromatic rings. The number of carbonyl (C=O) groups excluding carboxylic acids is 3. The van der Waals surface area contributed by atoms with Crippen LogP contribution in [0.4, 0.5) is 5.69 Å². The minimum atomic E-state index is -2.06. The molecule has 2 aromatic carbocycles. The van der Waals surface area contributed by atoms with Gasteiger partial charge in [-0.05, 0) is 40.2 Å². The van der Waals surface area contributed by atoms with E-state index in [9.17, 15) is 19.5 Å². The summed E-state index contributed by atoms with van der Waals surface area (Å²) in [5.74, 6) is -0.634. The lowest BCUT2D eigenvalue weighted by Crippen LogP contribution is -2.67. The average molecular weight is 544 g/mol. The second kappa shape index (κ2) is 13.2. The first-order chi connectivity index (χ1) is 18.9. The van der Waals surface area contributed by atoms with Crippen LogP contribution in [-0.4, -0.2) is 111 Å². The van der Waals surface area contributed by atoms with Gasteiger partial charge in [-0.1, -0.05) is 36.4 Å². The number of hydrogen-bond acceptors (Lipinski definition) is 8. The van der Waals surface area contributed by atoms with E-state index < -0.39 is 22.1 Å². The first-order valence-corrected chi connectivity index (χ1v) is 13.7. The lowest BCUT2D eigenvalue weighted by molar-refractivity contribution is -0.167. The van der Waals surface area contributed by atoms with E-state index in [1.165, 1.54) is 17.5 Å². The number of aliphatic hydroxyl groups is 1. The van der Waals surface area contributed by atoms with Crippen molar-refractivity contribution in [2.75, 3.05) is 45.7 Å². The van der Waals surface area contributed by atoms with E-state index in [-0.39, 0.29) is 6.54 Å². The summed E-state index contributed by atoms with van der Waals surface area (Å²) in [5.41, 5.74) is 2.07. The monoisotopic (exact) mass is 544 g/mol. The van der Waals surface area contributed by atoms with Crippen molar-refractivity contribution in [2.45, 2.75) is 35.8 Å². The fourth-order valence-electron chi connectivity index (χ4n) is 5.17. The number of anilines is 1. The molecule has 0 aromatic heterocycles. The fourth-order valence-corrected chi connectivity index (χ4v) is 5.17. The molecule has 1 atom stereocenters. The Bertz CT molecular complexity index is 1210. The summed E-state index contributed by atoms with van der Waals surface area (Å²) in [5, 5.41) is 15.7. The molecule has 0 aliphatic carbocycles. The number of benzene rings is 2. The minimum absolute atomic E-state index is 0.0800. The van der Waals surface area contributed by atoms with Crippen LogP contribution in [-0.2, 0) is 34.0 Å². The van der Waals surface area contributed by atoms with E-state index in [1.807, 2.05) is 12.1 Å². The topological polar surface area (TPSA) is 111 Å². The maximum atomic E-state index is 13.2. The molecule has 1 amide bonds. The molecule has 3 N–H and O–H groups in total. The zero-order valence-corrected chi connectivity index (χ0v) is 24.6. The minimum Gasteiger partial charge on any atom is -0.381 e. The Balaban J connectivity index is 1.87. The summed E-state index contributed by atoms with van der Waals surface area (Å²) < 4.78 is 5.45. The van der Waals surface area contributed by atoms with E-state index in [2.05, 4.69) is 33.7 Å². The van der Waals surface area contributed by atoms with Gasteiger partial charge >= 0.3 is 0 Å². The molecule has 40 heavy (non-hydrogen) atoms. The SMILES string of the molecule is BC(B)(C=O)C(B)(B)C(O)(C(=O)NC)N(C)Cc1c(C=O)cccc1NCc1cccc(CN2CCOCC2)c1. The summed E-state index contributed by atoms with van der Waals surface area (Å²) in [6.07, 6.45) is 1.53. The number of amides is 1. The van der Waals surface area contributed by atoms with Crippen LogP contribution >= 0.6 is 0 Å². The summed E-state index contributed by atoms with van der Waals surface area (Å²) in [4.78, 5) is 41.1. The van der Waals surface area contributed by atoms with E-state index in [1.54, 1.807) is 50.6 Å². The molecule has 1 aliphatic rings. The van der Waals surface area contributed by atoms with Crippen LogP contribution in [0.25, 0.3) is 0 Å². The maximum absolute atomic E-state index is 13.2. The number of morpholine rings is 1. The molecule has 1 heterocycles. The zero-order chi connectivity index (χ0) is 29.6. The summed E-state index contributed by atoms with van der Waals surface area (Å²) in [6.45, 7) is 4.81. The van der Waals surface area contributed by atoms with Crippen molar-refractivity contribution < 1.29 is 24.2 Å². The van der Waals surface area contributed by atoms with Gasteiger partial charge in [-0.25, -0.2) is 0 Å². The second-order valence-electron chi connectivity index (χ2n) is 11.6. The highest BCUT2D eigenvalue weighted by Crippen LogP contribution is 2.50. The number of aldehydes is 2. The molecule has 1 aliphatic heterocycles. The van der Waals surface area contributed by atoms with Crippen molar-refractivity contribution in [3.8, 4) is 0 Å². The molecule has 0 spiro atoms.